The molecule has 1 unspecified atom stereocenters. The third-order valence-electron chi connectivity index (χ3n) is 5.18. The molecular weight excluding hydrogens is 314 g/mol. The number of halogens is 1. The minimum atomic E-state index is 0. The minimum absolute atomic E-state index is 0. The van der Waals surface area contributed by atoms with Crippen molar-refractivity contribution in [2.45, 2.75) is 38.1 Å². The number of pyridine rings is 1. The Morgan fingerprint density at radius 1 is 1.00 bits per heavy atom. The largest absolute Gasteiger partial charge is 1.00 e. The van der Waals surface area contributed by atoms with Gasteiger partial charge in [0.25, 0.3) is 0 Å². The lowest BCUT2D eigenvalue weighted by atomic mass is 9.84. The summed E-state index contributed by atoms with van der Waals surface area (Å²) in [5.74, 6) is 2.92. The highest BCUT2D eigenvalue weighted by molar-refractivity contribution is 5.94. The fourth-order valence-corrected chi connectivity index (χ4v) is 4.26. The quantitative estimate of drug-likeness (QED) is 0.739. The van der Waals surface area contributed by atoms with Crippen molar-refractivity contribution in [3.05, 3.63) is 23.5 Å². The van der Waals surface area contributed by atoms with Crippen LogP contribution < -0.4 is 31.2 Å². The second kappa shape index (κ2) is 6.08. The predicted octanol–water partition coefficient (Wildman–Crippen LogP) is -0.0193. The number of hydrogen-bond acceptors (Lipinski definition) is 3. The normalized spacial score (nSPS) is 18.3. The second-order valence-electron chi connectivity index (χ2n) is 6.17. The van der Waals surface area contributed by atoms with Gasteiger partial charge in [0.1, 0.15) is 6.54 Å². The molecule has 0 saturated carbocycles. The highest BCUT2D eigenvalue weighted by atomic mass is 35.5. The van der Waals surface area contributed by atoms with E-state index in [0.29, 0.717) is 5.75 Å². The lowest BCUT2D eigenvalue weighted by Gasteiger charge is -2.20. The van der Waals surface area contributed by atoms with Crippen LogP contribution in [-0.2, 0) is 13.0 Å². The van der Waals surface area contributed by atoms with Crippen LogP contribution in [0.3, 0.4) is 0 Å². The van der Waals surface area contributed by atoms with E-state index in [0.717, 1.165) is 35.8 Å². The molecule has 0 N–H and O–H groups in total. The van der Waals surface area contributed by atoms with Crippen LogP contribution in [0.1, 0.15) is 36.4 Å². The summed E-state index contributed by atoms with van der Waals surface area (Å²) in [5.41, 5.74) is 3.01. The molecule has 124 valence electrons. The first kappa shape index (κ1) is 16.2. The average molecular weight is 336 g/mol. The SMILES string of the molecule is COc1cc2c3c4[n+](cc2c(OC)c1OC)CCC4CCC3.[Cl-]. The lowest BCUT2D eigenvalue weighted by Crippen LogP contribution is -3.00. The molecule has 4 nitrogen and oxygen atoms in total. The highest BCUT2D eigenvalue weighted by Crippen LogP contribution is 2.47. The topological polar surface area (TPSA) is 31.6 Å². The zero-order valence-electron chi connectivity index (χ0n) is 13.8. The van der Waals surface area contributed by atoms with Gasteiger partial charge in [-0.2, -0.15) is 0 Å². The summed E-state index contributed by atoms with van der Waals surface area (Å²) in [4.78, 5) is 0. The fourth-order valence-electron chi connectivity index (χ4n) is 4.26. The van der Waals surface area contributed by atoms with E-state index in [4.69, 9.17) is 14.2 Å². The first-order valence-corrected chi connectivity index (χ1v) is 7.96. The minimum Gasteiger partial charge on any atom is -1.00 e. The Morgan fingerprint density at radius 2 is 1.78 bits per heavy atom. The molecule has 0 fully saturated rings. The molecule has 1 atom stereocenters. The zero-order valence-corrected chi connectivity index (χ0v) is 14.6. The van der Waals surface area contributed by atoms with Gasteiger partial charge in [-0.05, 0) is 25.3 Å². The van der Waals surface area contributed by atoms with Crippen molar-refractivity contribution < 1.29 is 31.2 Å². The smallest absolute Gasteiger partial charge is 0.204 e. The Morgan fingerprint density at radius 3 is 2.48 bits per heavy atom. The Labute approximate surface area is 142 Å². The molecule has 4 rings (SSSR count). The average Bonchev–Trinajstić information content (AvgIpc) is 2.98. The number of aryl methyl sites for hydroxylation is 2. The third-order valence-corrected chi connectivity index (χ3v) is 5.18. The summed E-state index contributed by atoms with van der Waals surface area (Å²) in [6.45, 7) is 1.11. The summed E-state index contributed by atoms with van der Waals surface area (Å²) in [6.07, 6.45) is 7.23. The number of ether oxygens (including phenoxy) is 3. The number of rotatable bonds is 3. The van der Waals surface area contributed by atoms with Gasteiger partial charge >= 0.3 is 0 Å². The predicted molar refractivity (Wildman–Crippen MR) is 84.1 cm³/mol. The van der Waals surface area contributed by atoms with Crippen LogP contribution >= 0.6 is 0 Å². The van der Waals surface area contributed by atoms with E-state index >= 15 is 0 Å². The van der Waals surface area contributed by atoms with Crippen molar-refractivity contribution in [3.8, 4) is 17.2 Å². The van der Waals surface area contributed by atoms with E-state index in [1.807, 2.05) is 0 Å². The lowest BCUT2D eigenvalue weighted by molar-refractivity contribution is -0.690. The van der Waals surface area contributed by atoms with E-state index < -0.39 is 0 Å². The third kappa shape index (κ3) is 2.23. The summed E-state index contributed by atoms with van der Waals surface area (Å²) in [7, 11) is 5.04. The molecule has 0 radical (unpaired) electrons. The first-order valence-electron chi connectivity index (χ1n) is 7.96. The molecular formula is C18H22ClNO3. The number of benzene rings is 1. The van der Waals surface area contributed by atoms with Crippen LogP contribution in [0.15, 0.2) is 12.3 Å². The summed E-state index contributed by atoms with van der Waals surface area (Å²) in [5, 5.41) is 2.38. The number of hydrogen-bond donors (Lipinski definition) is 0. The molecule has 0 bridgehead atoms. The highest BCUT2D eigenvalue weighted by Gasteiger charge is 2.37. The number of methoxy groups -OCH3 is 3. The van der Waals surface area contributed by atoms with Crippen molar-refractivity contribution >= 4 is 10.8 Å². The Balaban J connectivity index is 0.00000156. The van der Waals surface area contributed by atoms with Crippen molar-refractivity contribution in [3.63, 3.8) is 0 Å². The molecule has 1 aromatic carbocycles. The van der Waals surface area contributed by atoms with E-state index in [-0.39, 0.29) is 12.4 Å². The Kier molecular flexibility index (Phi) is 4.28. The second-order valence-corrected chi connectivity index (χ2v) is 6.17. The number of nitrogens with zero attached hydrogens (tertiary/aromatic N) is 1. The first-order chi connectivity index (χ1) is 10.8. The maximum Gasteiger partial charge on any atom is 0.204 e. The molecule has 1 aliphatic carbocycles. The van der Waals surface area contributed by atoms with E-state index in [9.17, 15) is 0 Å². The molecule has 1 aliphatic heterocycles. The van der Waals surface area contributed by atoms with Crippen molar-refractivity contribution in [1.29, 1.82) is 0 Å². The Hall–Kier alpha value is -1.68. The van der Waals surface area contributed by atoms with Gasteiger partial charge in [0.05, 0.1) is 32.6 Å². The molecule has 0 spiro atoms. The molecule has 23 heavy (non-hydrogen) atoms. The van der Waals surface area contributed by atoms with Crippen LogP contribution in [0.2, 0.25) is 0 Å². The maximum atomic E-state index is 5.68. The monoisotopic (exact) mass is 335 g/mol. The van der Waals surface area contributed by atoms with E-state index in [2.05, 4.69) is 16.8 Å². The van der Waals surface area contributed by atoms with Gasteiger partial charge in [-0.25, -0.2) is 4.57 Å². The molecule has 2 heterocycles. The summed E-state index contributed by atoms with van der Waals surface area (Å²) < 4.78 is 19.2. The van der Waals surface area contributed by atoms with Crippen LogP contribution in [0, 0.1) is 0 Å². The van der Waals surface area contributed by atoms with E-state index in [1.54, 1.807) is 21.3 Å². The van der Waals surface area contributed by atoms with E-state index in [1.165, 1.54) is 35.9 Å². The standard InChI is InChI=1S/C18H22NO3.ClH/c1-20-15-9-13-12-6-4-5-11-7-8-19(16(11)12)10-14(13)17(21-2)18(15)22-3;/h9-11H,4-8H2,1-3H3;1H/q+1;/p-1. The fraction of sp³-hybridized carbons (Fsp3) is 0.500. The van der Waals surface area contributed by atoms with Crippen molar-refractivity contribution in [2.24, 2.45) is 0 Å². The Bertz CT molecular complexity index is 760. The van der Waals surface area contributed by atoms with Gasteiger partial charge < -0.3 is 26.6 Å². The molecule has 2 aliphatic rings. The van der Waals surface area contributed by atoms with Gasteiger partial charge in [0.15, 0.2) is 23.4 Å². The van der Waals surface area contributed by atoms with Crippen LogP contribution in [-0.4, -0.2) is 21.3 Å². The zero-order chi connectivity index (χ0) is 15.3. The van der Waals surface area contributed by atoms with Gasteiger partial charge in [-0.15, -0.1) is 0 Å². The number of aromatic nitrogens is 1. The van der Waals surface area contributed by atoms with Crippen LogP contribution in [0.25, 0.3) is 10.8 Å². The maximum absolute atomic E-state index is 5.68. The molecule has 0 amide bonds. The van der Waals surface area contributed by atoms with Crippen LogP contribution in [0.5, 0.6) is 17.2 Å². The van der Waals surface area contributed by atoms with Gasteiger partial charge in [-0.1, -0.05) is 0 Å². The van der Waals surface area contributed by atoms with Crippen LogP contribution in [0.4, 0.5) is 0 Å². The molecule has 5 heteroatoms. The summed E-state index contributed by atoms with van der Waals surface area (Å²) >= 11 is 0. The van der Waals surface area contributed by atoms with Gasteiger partial charge in [-0.3, -0.25) is 0 Å². The molecule has 0 saturated heterocycles. The van der Waals surface area contributed by atoms with Gasteiger partial charge in [0.2, 0.25) is 5.75 Å². The summed E-state index contributed by atoms with van der Waals surface area (Å²) in [6, 6.07) is 2.12. The van der Waals surface area contributed by atoms with Crippen molar-refractivity contribution in [1.82, 2.24) is 0 Å². The molecule has 1 aromatic heterocycles. The van der Waals surface area contributed by atoms with Gasteiger partial charge in [0, 0.05) is 17.4 Å². The van der Waals surface area contributed by atoms with Crippen molar-refractivity contribution in [2.75, 3.05) is 21.3 Å². The number of fused-ring (bicyclic) bond motifs is 2. The molecule has 2 aromatic rings.